The van der Waals surface area contributed by atoms with Crippen molar-refractivity contribution in [3.05, 3.63) is 24.3 Å². The number of sulfonamides is 1. The van der Waals surface area contributed by atoms with Crippen molar-refractivity contribution in [3.63, 3.8) is 0 Å². The summed E-state index contributed by atoms with van der Waals surface area (Å²) in [5.41, 5.74) is 0.536. The van der Waals surface area contributed by atoms with Gasteiger partial charge < -0.3 is 10.1 Å². The molecule has 1 aromatic heterocycles. The minimum Gasteiger partial charge on any atom is -0.379 e. The summed E-state index contributed by atoms with van der Waals surface area (Å²) in [6.07, 6.45) is 4.45. The normalized spacial score (nSPS) is 19.4. The van der Waals surface area contributed by atoms with E-state index in [1.165, 1.54) is 41.0 Å². The standard InChI is InChI=1S/C19H26N6O4S2/c1-14(30-19-21-22-23-25(19)16-4-2-3-5-16)18(26)20-15-6-8-17(9-7-15)31(27,28)24-10-12-29-13-11-24/h6-9,14,16H,2-5,10-13H2,1H3,(H,20,26). The van der Waals surface area contributed by atoms with Gasteiger partial charge in [-0.3, -0.25) is 4.79 Å². The van der Waals surface area contributed by atoms with E-state index in [9.17, 15) is 13.2 Å². The van der Waals surface area contributed by atoms with Crippen LogP contribution in [-0.4, -0.2) is 70.4 Å². The third-order valence-electron chi connectivity index (χ3n) is 5.51. The molecule has 31 heavy (non-hydrogen) atoms. The molecule has 2 aromatic rings. The lowest BCUT2D eigenvalue weighted by Gasteiger charge is -2.26. The monoisotopic (exact) mass is 466 g/mol. The Morgan fingerprint density at radius 3 is 2.55 bits per heavy atom. The molecule has 0 spiro atoms. The Kier molecular flexibility index (Phi) is 6.89. The third kappa shape index (κ3) is 5.08. The summed E-state index contributed by atoms with van der Waals surface area (Å²) in [7, 11) is -3.56. The number of thioether (sulfide) groups is 1. The van der Waals surface area contributed by atoms with Crippen molar-refractivity contribution in [2.45, 2.75) is 54.0 Å². The van der Waals surface area contributed by atoms with Crippen LogP contribution in [0.15, 0.2) is 34.3 Å². The molecule has 0 radical (unpaired) electrons. The lowest BCUT2D eigenvalue weighted by atomic mass is 10.3. The molecule has 1 unspecified atom stereocenters. The maximum Gasteiger partial charge on any atom is 0.243 e. The molecule has 1 saturated carbocycles. The topological polar surface area (TPSA) is 119 Å². The zero-order chi connectivity index (χ0) is 21.8. The Hall–Kier alpha value is -2.02. The fourth-order valence-electron chi connectivity index (χ4n) is 3.74. The lowest BCUT2D eigenvalue weighted by molar-refractivity contribution is -0.115. The van der Waals surface area contributed by atoms with E-state index in [-0.39, 0.29) is 10.8 Å². The minimum absolute atomic E-state index is 0.199. The highest BCUT2D eigenvalue weighted by Crippen LogP contribution is 2.32. The number of ether oxygens (including phenoxy) is 1. The van der Waals surface area contributed by atoms with Gasteiger partial charge in [0.15, 0.2) is 0 Å². The SMILES string of the molecule is CC(Sc1nnnn1C1CCCC1)C(=O)Nc1ccc(S(=O)(=O)N2CCOCC2)cc1. The smallest absolute Gasteiger partial charge is 0.243 e. The highest BCUT2D eigenvalue weighted by molar-refractivity contribution is 8.00. The molecule has 12 heteroatoms. The fourth-order valence-corrected chi connectivity index (χ4v) is 6.01. The van der Waals surface area contributed by atoms with Gasteiger partial charge in [0, 0.05) is 18.8 Å². The predicted molar refractivity (Wildman–Crippen MR) is 115 cm³/mol. The maximum absolute atomic E-state index is 12.7. The van der Waals surface area contributed by atoms with Gasteiger partial charge in [-0.1, -0.05) is 24.6 Å². The van der Waals surface area contributed by atoms with Gasteiger partial charge in [-0.25, -0.2) is 13.1 Å². The van der Waals surface area contributed by atoms with Crippen LogP contribution in [0.25, 0.3) is 0 Å². The fraction of sp³-hybridized carbons (Fsp3) is 0.579. The summed E-state index contributed by atoms with van der Waals surface area (Å²) in [5, 5.41) is 15.0. The second kappa shape index (κ2) is 9.63. The molecule has 2 fully saturated rings. The molecule has 1 aliphatic carbocycles. The number of aromatic nitrogens is 4. The van der Waals surface area contributed by atoms with E-state index in [4.69, 9.17) is 4.74 Å². The first-order chi connectivity index (χ1) is 14.9. The van der Waals surface area contributed by atoms with Gasteiger partial charge in [0.25, 0.3) is 0 Å². The van der Waals surface area contributed by atoms with Gasteiger partial charge in [-0.2, -0.15) is 4.31 Å². The first-order valence-corrected chi connectivity index (χ1v) is 12.7. The van der Waals surface area contributed by atoms with Crippen molar-refractivity contribution >= 4 is 33.4 Å². The molecular weight excluding hydrogens is 440 g/mol. The van der Waals surface area contributed by atoms with Gasteiger partial charge in [0.1, 0.15) is 0 Å². The molecule has 1 atom stereocenters. The number of nitrogens with zero attached hydrogens (tertiary/aromatic N) is 5. The van der Waals surface area contributed by atoms with Crippen molar-refractivity contribution in [1.29, 1.82) is 0 Å². The number of anilines is 1. The number of hydrogen-bond acceptors (Lipinski definition) is 8. The van der Waals surface area contributed by atoms with Crippen LogP contribution >= 0.6 is 11.8 Å². The molecule has 2 heterocycles. The Morgan fingerprint density at radius 1 is 1.19 bits per heavy atom. The van der Waals surface area contributed by atoms with Gasteiger partial charge in [0.05, 0.1) is 29.4 Å². The van der Waals surface area contributed by atoms with Crippen LogP contribution in [0.1, 0.15) is 38.6 Å². The van der Waals surface area contributed by atoms with E-state index in [1.54, 1.807) is 19.1 Å². The zero-order valence-corrected chi connectivity index (χ0v) is 18.9. The van der Waals surface area contributed by atoms with Crippen molar-refractivity contribution in [3.8, 4) is 0 Å². The molecule has 1 aliphatic heterocycles. The summed E-state index contributed by atoms with van der Waals surface area (Å²) < 4.78 is 33.9. The summed E-state index contributed by atoms with van der Waals surface area (Å²) in [5.74, 6) is -0.199. The summed E-state index contributed by atoms with van der Waals surface area (Å²) in [4.78, 5) is 12.8. The van der Waals surface area contributed by atoms with E-state index in [0.717, 1.165) is 12.8 Å². The summed E-state index contributed by atoms with van der Waals surface area (Å²) in [6, 6.07) is 6.53. The molecule has 1 aromatic carbocycles. The van der Waals surface area contributed by atoms with Crippen LogP contribution in [0.5, 0.6) is 0 Å². The van der Waals surface area contributed by atoms with Crippen molar-refractivity contribution < 1.29 is 17.9 Å². The Balaban J connectivity index is 1.37. The van der Waals surface area contributed by atoms with Crippen LogP contribution in [-0.2, 0) is 19.6 Å². The molecular formula is C19H26N6O4S2. The van der Waals surface area contributed by atoms with E-state index in [0.29, 0.717) is 43.2 Å². The molecule has 1 N–H and O–H groups in total. The van der Waals surface area contributed by atoms with Crippen LogP contribution < -0.4 is 5.32 Å². The van der Waals surface area contributed by atoms with Gasteiger partial charge in [-0.15, -0.1) is 5.10 Å². The van der Waals surface area contributed by atoms with E-state index in [1.807, 2.05) is 4.68 Å². The number of carbonyl (C=O) groups excluding carboxylic acids is 1. The Morgan fingerprint density at radius 2 is 1.87 bits per heavy atom. The number of carbonyl (C=O) groups is 1. The number of tetrazole rings is 1. The lowest BCUT2D eigenvalue weighted by Crippen LogP contribution is -2.40. The first-order valence-electron chi connectivity index (χ1n) is 10.4. The Labute approximate surface area is 185 Å². The molecule has 10 nitrogen and oxygen atoms in total. The molecule has 0 bridgehead atoms. The number of hydrogen-bond donors (Lipinski definition) is 1. The molecule has 4 rings (SSSR count). The second-order valence-electron chi connectivity index (χ2n) is 7.63. The average Bonchev–Trinajstić information content (AvgIpc) is 3.46. The van der Waals surface area contributed by atoms with Crippen LogP contribution in [0.3, 0.4) is 0 Å². The van der Waals surface area contributed by atoms with Crippen molar-refractivity contribution in [2.75, 3.05) is 31.6 Å². The van der Waals surface area contributed by atoms with Crippen molar-refractivity contribution in [1.82, 2.24) is 24.5 Å². The quantitative estimate of drug-likeness (QED) is 0.615. The zero-order valence-electron chi connectivity index (χ0n) is 17.3. The molecule has 1 saturated heterocycles. The summed E-state index contributed by atoms with van der Waals surface area (Å²) >= 11 is 1.32. The van der Waals surface area contributed by atoms with Crippen molar-refractivity contribution in [2.24, 2.45) is 0 Å². The molecule has 168 valence electrons. The highest BCUT2D eigenvalue weighted by Gasteiger charge is 2.27. The van der Waals surface area contributed by atoms with Crippen LogP contribution in [0.2, 0.25) is 0 Å². The maximum atomic E-state index is 12.7. The van der Waals surface area contributed by atoms with E-state index in [2.05, 4.69) is 20.8 Å². The minimum atomic E-state index is -3.56. The predicted octanol–water partition coefficient (Wildman–Crippen LogP) is 1.93. The Bertz CT molecular complexity index is 999. The second-order valence-corrected chi connectivity index (χ2v) is 10.9. The molecule has 1 amide bonds. The van der Waals surface area contributed by atoms with Gasteiger partial charge in [-0.05, 0) is 54.5 Å². The van der Waals surface area contributed by atoms with E-state index >= 15 is 0 Å². The van der Waals surface area contributed by atoms with Gasteiger partial charge >= 0.3 is 0 Å². The number of morpholine rings is 1. The summed E-state index contributed by atoms with van der Waals surface area (Å²) in [6.45, 7) is 3.27. The highest BCUT2D eigenvalue weighted by atomic mass is 32.2. The van der Waals surface area contributed by atoms with E-state index < -0.39 is 15.3 Å². The first kappa shape index (κ1) is 22.2. The third-order valence-corrected chi connectivity index (χ3v) is 8.47. The average molecular weight is 467 g/mol. The van der Waals surface area contributed by atoms with Crippen LogP contribution in [0.4, 0.5) is 5.69 Å². The number of nitrogens with one attached hydrogen (secondary N) is 1. The van der Waals surface area contributed by atoms with Gasteiger partial charge in [0.2, 0.25) is 21.1 Å². The number of benzene rings is 1. The molecule has 2 aliphatic rings. The van der Waals surface area contributed by atoms with Crippen LogP contribution in [0, 0.1) is 0 Å². The number of rotatable bonds is 7. The largest absolute Gasteiger partial charge is 0.379 e. The number of amides is 1.